The average Bonchev–Trinajstić information content (AvgIpc) is 3.08. The number of ether oxygens (including phenoxy) is 2. The summed E-state index contributed by atoms with van der Waals surface area (Å²) in [5.41, 5.74) is 1.56. The van der Waals surface area contributed by atoms with Gasteiger partial charge in [0.25, 0.3) is 5.91 Å². The van der Waals surface area contributed by atoms with Crippen molar-refractivity contribution < 1.29 is 14.3 Å². The van der Waals surface area contributed by atoms with E-state index in [1.165, 1.54) is 6.20 Å². The summed E-state index contributed by atoms with van der Waals surface area (Å²) in [7, 11) is 0. The average molecular weight is 400 g/mol. The Balaban J connectivity index is 1.59. The summed E-state index contributed by atoms with van der Waals surface area (Å²) in [6.07, 6.45) is 1.40. The van der Waals surface area contributed by atoms with Crippen molar-refractivity contribution in [3.05, 3.63) is 64.3 Å². The highest BCUT2D eigenvalue weighted by atomic mass is 79.9. The molecule has 0 atom stereocenters. The minimum atomic E-state index is -0.469. The van der Waals surface area contributed by atoms with E-state index in [1.807, 2.05) is 36.4 Å². The van der Waals surface area contributed by atoms with E-state index in [2.05, 4.69) is 26.6 Å². The van der Waals surface area contributed by atoms with Gasteiger partial charge in [-0.15, -0.1) is 0 Å². The number of nitriles is 1. The van der Waals surface area contributed by atoms with E-state index in [0.717, 1.165) is 10.0 Å². The number of halogens is 1. The number of rotatable bonds is 5. The standard InChI is InChI=1S/C18H14BrN3O3/c19-14-2-4-15(5-3-14)22-18(23)13(8-20)10-21-9-12-1-6-16-17(7-12)25-11-24-16/h1-7,10,21H,9,11H2,(H,22,23)/b13-10-. The van der Waals surface area contributed by atoms with E-state index in [-0.39, 0.29) is 12.4 Å². The van der Waals surface area contributed by atoms with Gasteiger partial charge < -0.3 is 20.1 Å². The van der Waals surface area contributed by atoms with Crippen LogP contribution < -0.4 is 20.1 Å². The molecule has 2 aromatic carbocycles. The lowest BCUT2D eigenvalue weighted by atomic mass is 10.2. The fraction of sp³-hybridized carbons (Fsp3) is 0.111. The number of carbonyl (C=O) groups excluding carboxylic acids is 1. The van der Waals surface area contributed by atoms with Crippen LogP contribution in [0.4, 0.5) is 5.69 Å². The van der Waals surface area contributed by atoms with Gasteiger partial charge in [-0.05, 0) is 42.0 Å². The number of nitrogens with one attached hydrogen (secondary N) is 2. The van der Waals surface area contributed by atoms with Crippen molar-refractivity contribution in [1.82, 2.24) is 5.32 Å². The SMILES string of the molecule is N#C/C(=C/NCc1ccc2c(c1)OCO2)C(=O)Nc1ccc(Br)cc1. The lowest BCUT2D eigenvalue weighted by Crippen LogP contribution is -2.16. The molecule has 126 valence electrons. The van der Waals surface area contributed by atoms with Gasteiger partial charge in [0.05, 0.1) is 0 Å². The third-order valence-electron chi connectivity index (χ3n) is 3.46. The molecule has 1 aliphatic heterocycles. The van der Waals surface area contributed by atoms with Crippen LogP contribution in [0.2, 0.25) is 0 Å². The molecule has 7 heteroatoms. The molecule has 0 bridgehead atoms. The Labute approximate surface area is 153 Å². The molecular formula is C18H14BrN3O3. The minimum absolute atomic E-state index is 0.0105. The first-order valence-electron chi connectivity index (χ1n) is 7.45. The van der Waals surface area contributed by atoms with Crippen LogP contribution in [0, 0.1) is 11.3 Å². The van der Waals surface area contributed by atoms with Gasteiger partial charge >= 0.3 is 0 Å². The van der Waals surface area contributed by atoms with Crippen molar-refractivity contribution >= 4 is 27.5 Å². The first-order valence-corrected chi connectivity index (χ1v) is 8.24. The van der Waals surface area contributed by atoms with Crippen LogP contribution in [0.3, 0.4) is 0 Å². The van der Waals surface area contributed by atoms with Gasteiger partial charge in [0.1, 0.15) is 11.6 Å². The monoisotopic (exact) mass is 399 g/mol. The van der Waals surface area contributed by atoms with Gasteiger partial charge in [0.2, 0.25) is 6.79 Å². The van der Waals surface area contributed by atoms with E-state index in [4.69, 9.17) is 9.47 Å². The molecule has 25 heavy (non-hydrogen) atoms. The van der Waals surface area contributed by atoms with Crippen LogP contribution in [0.1, 0.15) is 5.56 Å². The minimum Gasteiger partial charge on any atom is -0.454 e. The van der Waals surface area contributed by atoms with Gasteiger partial charge in [0, 0.05) is 22.9 Å². The maximum atomic E-state index is 12.1. The van der Waals surface area contributed by atoms with Crippen LogP contribution in [-0.2, 0) is 11.3 Å². The highest BCUT2D eigenvalue weighted by Gasteiger charge is 2.13. The summed E-state index contributed by atoms with van der Waals surface area (Å²) in [6, 6.07) is 14.6. The molecule has 2 N–H and O–H groups in total. The van der Waals surface area contributed by atoms with Gasteiger partial charge in [-0.3, -0.25) is 4.79 Å². The molecule has 0 aliphatic carbocycles. The summed E-state index contributed by atoms with van der Waals surface area (Å²) in [5.74, 6) is 0.936. The smallest absolute Gasteiger partial charge is 0.267 e. The first kappa shape index (κ1) is 16.9. The lowest BCUT2D eigenvalue weighted by molar-refractivity contribution is -0.112. The summed E-state index contributed by atoms with van der Waals surface area (Å²) in [5, 5.41) is 14.8. The molecule has 1 aliphatic rings. The zero-order valence-electron chi connectivity index (χ0n) is 13.1. The second-order valence-electron chi connectivity index (χ2n) is 5.20. The fourth-order valence-electron chi connectivity index (χ4n) is 2.20. The summed E-state index contributed by atoms with van der Waals surface area (Å²) < 4.78 is 11.5. The number of hydrogen-bond acceptors (Lipinski definition) is 5. The molecule has 6 nitrogen and oxygen atoms in total. The van der Waals surface area contributed by atoms with Crippen molar-refractivity contribution in [3.63, 3.8) is 0 Å². The van der Waals surface area contributed by atoms with E-state index in [0.29, 0.717) is 23.7 Å². The Morgan fingerprint density at radius 3 is 2.72 bits per heavy atom. The van der Waals surface area contributed by atoms with Crippen LogP contribution in [0.15, 0.2) is 58.7 Å². The molecule has 0 saturated heterocycles. The van der Waals surface area contributed by atoms with Crippen LogP contribution in [0.5, 0.6) is 11.5 Å². The quantitative estimate of drug-likeness (QED) is 0.595. The zero-order chi connectivity index (χ0) is 17.6. The van der Waals surface area contributed by atoms with E-state index < -0.39 is 5.91 Å². The Bertz CT molecular complexity index is 857. The second-order valence-corrected chi connectivity index (χ2v) is 6.12. The highest BCUT2D eigenvalue weighted by molar-refractivity contribution is 9.10. The summed E-state index contributed by atoms with van der Waals surface area (Å²) in [6.45, 7) is 0.675. The third kappa shape index (κ3) is 4.31. The molecule has 0 radical (unpaired) electrons. The maximum Gasteiger partial charge on any atom is 0.267 e. The Hall–Kier alpha value is -2.98. The maximum absolute atomic E-state index is 12.1. The number of carbonyl (C=O) groups is 1. The fourth-order valence-corrected chi connectivity index (χ4v) is 2.47. The van der Waals surface area contributed by atoms with Gasteiger partial charge in [-0.2, -0.15) is 5.26 Å². The highest BCUT2D eigenvalue weighted by Crippen LogP contribution is 2.32. The topological polar surface area (TPSA) is 83.4 Å². The van der Waals surface area contributed by atoms with E-state index >= 15 is 0 Å². The number of benzene rings is 2. The van der Waals surface area contributed by atoms with Crippen molar-refractivity contribution in [1.29, 1.82) is 5.26 Å². The molecule has 0 aromatic heterocycles. The normalized spacial score (nSPS) is 12.4. The number of fused-ring (bicyclic) bond motifs is 1. The van der Waals surface area contributed by atoms with E-state index in [9.17, 15) is 10.1 Å². The Morgan fingerprint density at radius 2 is 1.96 bits per heavy atom. The summed E-state index contributed by atoms with van der Waals surface area (Å²) in [4.78, 5) is 12.1. The molecule has 2 aromatic rings. The first-order chi connectivity index (χ1) is 12.2. The summed E-state index contributed by atoms with van der Waals surface area (Å²) >= 11 is 3.33. The lowest BCUT2D eigenvalue weighted by Gasteiger charge is -2.06. The van der Waals surface area contributed by atoms with Crippen molar-refractivity contribution in [3.8, 4) is 17.6 Å². The second kappa shape index (κ2) is 7.73. The zero-order valence-corrected chi connectivity index (χ0v) is 14.7. The number of hydrogen-bond donors (Lipinski definition) is 2. The molecule has 0 fully saturated rings. The van der Waals surface area contributed by atoms with Gasteiger partial charge in [-0.1, -0.05) is 22.0 Å². The number of nitrogens with zero attached hydrogens (tertiary/aromatic N) is 1. The van der Waals surface area contributed by atoms with Crippen LogP contribution >= 0.6 is 15.9 Å². The number of amides is 1. The van der Waals surface area contributed by atoms with Gasteiger partial charge in [0.15, 0.2) is 11.5 Å². The predicted octanol–water partition coefficient (Wildman–Crippen LogP) is 3.31. The molecule has 0 unspecified atom stereocenters. The third-order valence-corrected chi connectivity index (χ3v) is 3.99. The van der Waals surface area contributed by atoms with Crippen molar-refractivity contribution in [2.75, 3.05) is 12.1 Å². The van der Waals surface area contributed by atoms with Crippen LogP contribution in [0.25, 0.3) is 0 Å². The largest absolute Gasteiger partial charge is 0.454 e. The molecule has 0 saturated carbocycles. The molecule has 1 heterocycles. The molecule has 3 rings (SSSR count). The van der Waals surface area contributed by atoms with E-state index in [1.54, 1.807) is 12.1 Å². The Kier molecular flexibility index (Phi) is 5.21. The van der Waals surface area contributed by atoms with Gasteiger partial charge in [-0.25, -0.2) is 0 Å². The predicted molar refractivity (Wildman–Crippen MR) is 95.9 cm³/mol. The number of anilines is 1. The molecule has 1 amide bonds. The molecule has 0 spiro atoms. The van der Waals surface area contributed by atoms with Crippen molar-refractivity contribution in [2.45, 2.75) is 6.54 Å². The molecular weight excluding hydrogens is 386 g/mol. The van der Waals surface area contributed by atoms with Crippen LogP contribution in [-0.4, -0.2) is 12.7 Å². The van der Waals surface area contributed by atoms with Crippen molar-refractivity contribution in [2.24, 2.45) is 0 Å². The Morgan fingerprint density at radius 1 is 1.20 bits per heavy atom.